The highest BCUT2D eigenvalue weighted by atomic mass is 19.3. The fourth-order valence-electron chi connectivity index (χ4n) is 1.63. The summed E-state index contributed by atoms with van der Waals surface area (Å²) in [7, 11) is 0. The van der Waals surface area contributed by atoms with E-state index in [4.69, 9.17) is 10.5 Å². The van der Waals surface area contributed by atoms with Crippen molar-refractivity contribution in [1.29, 1.82) is 0 Å². The average molecular weight is 301 g/mol. The minimum atomic E-state index is -3.18. The molecular weight excluding hydrogens is 290 g/mol. The maximum absolute atomic E-state index is 13.4. The number of nitrogen functional groups attached to an aromatic ring is 1. The highest BCUT2D eigenvalue weighted by molar-refractivity contribution is 5.56. The van der Waals surface area contributed by atoms with Crippen molar-refractivity contribution in [3.63, 3.8) is 0 Å². The lowest BCUT2D eigenvalue weighted by atomic mass is 10.2. The Hall–Kier alpha value is -2.44. The van der Waals surface area contributed by atoms with Crippen LogP contribution in [0.5, 0.6) is 11.5 Å². The lowest BCUT2D eigenvalue weighted by Crippen LogP contribution is -2.06. The van der Waals surface area contributed by atoms with Crippen LogP contribution in [0.25, 0.3) is 0 Å². The van der Waals surface area contributed by atoms with E-state index in [1.165, 1.54) is 18.2 Å². The van der Waals surface area contributed by atoms with Crippen molar-refractivity contribution in [3.8, 4) is 11.5 Å². The van der Waals surface area contributed by atoms with Gasteiger partial charge >= 0.3 is 6.61 Å². The fourth-order valence-corrected chi connectivity index (χ4v) is 1.63. The molecule has 112 valence electrons. The molecule has 0 atom stereocenters. The SMILES string of the molecule is Nc1cc(F)c(OC(F)F)cc1OCc1ccccc1F. The van der Waals surface area contributed by atoms with E-state index in [1.807, 2.05) is 0 Å². The number of nitrogens with two attached hydrogens (primary N) is 1. The molecule has 21 heavy (non-hydrogen) atoms. The molecule has 0 aliphatic rings. The van der Waals surface area contributed by atoms with E-state index in [0.717, 1.165) is 12.1 Å². The van der Waals surface area contributed by atoms with Crippen molar-refractivity contribution < 1.29 is 27.0 Å². The van der Waals surface area contributed by atoms with E-state index in [0.29, 0.717) is 0 Å². The highest BCUT2D eigenvalue weighted by Crippen LogP contribution is 2.31. The molecule has 0 amide bonds. The molecule has 0 saturated carbocycles. The first-order chi connectivity index (χ1) is 9.97. The zero-order valence-electron chi connectivity index (χ0n) is 10.7. The number of benzene rings is 2. The molecule has 0 aliphatic carbocycles. The lowest BCUT2D eigenvalue weighted by Gasteiger charge is -2.12. The molecule has 0 heterocycles. The fraction of sp³-hybridized carbons (Fsp3) is 0.143. The van der Waals surface area contributed by atoms with Crippen LogP contribution in [0.2, 0.25) is 0 Å². The first kappa shape index (κ1) is 15.0. The van der Waals surface area contributed by atoms with Gasteiger partial charge in [0, 0.05) is 17.7 Å². The molecule has 0 fully saturated rings. The molecule has 2 aromatic carbocycles. The number of hydrogen-bond acceptors (Lipinski definition) is 3. The summed E-state index contributed by atoms with van der Waals surface area (Å²) < 4.78 is 60.3. The molecule has 2 rings (SSSR count). The smallest absolute Gasteiger partial charge is 0.387 e. The van der Waals surface area contributed by atoms with Gasteiger partial charge in [-0.25, -0.2) is 8.78 Å². The minimum absolute atomic E-state index is 0.0738. The molecule has 3 nitrogen and oxygen atoms in total. The quantitative estimate of drug-likeness (QED) is 0.676. The van der Waals surface area contributed by atoms with Gasteiger partial charge in [-0.2, -0.15) is 8.78 Å². The summed E-state index contributed by atoms with van der Waals surface area (Å²) in [6.45, 7) is -3.36. The van der Waals surface area contributed by atoms with Crippen LogP contribution in [0, 0.1) is 11.6 Å². The van der Waals surface area contributed by atoms with Crippen LogP contribution in [0.3, 0.4) is 0 Å². The first-order valence-electron chi connectivity index (χ1n) is 5.87. The van der Waals surface area contributed by atoms with Gasteiger partial charge in [-0.3, -0.25) is 0 Å². The van der Waals surface area contributed by atoms with Crippen LogP contribution in [-0.4, -0.2) is 6.61 Å². The Morgan fingerprint density at radius 2 is 1.71 bits per heavy atom. The second kappa shape index (κ2) is 6.34. The molecule has 0 saturated heterocycles. The third-order valence-corrected chi connectivity index (χ3v) is 2.62. The number of hydrogen-bond donors (Lipinski definition) is 1. The van der Waals surface area contributed by atoms with Crippen LogP contribution in [0.15, 0.2) is 36.4 Å². The molecule has 0 aliphatic heterocycles. The standard InChI is InChI=1S/C14H11F4NO2/c15-9-4-2-1-3-8(9)7-20-13-6-12(21-14(17)18)10(16)5-11(13)19/h1-6,14H,7,19H2. The van der Waals surface area contributed by atoms with Gasteiger partial charge in [0.2, 0.25) is 0 Å². The predicted octanol–water partition coefficient (Wildman–Crippen LogP) is 3.73. The second-order valence-corrected chi connectivity index (χ2v) is 4.08. The molecule has 0 unspecified atom stereocenters. The molecule has 2 N–H and O–H groups in total. The Morgan fingerprint density at radius 3 is 2.38 bits per heavy atom. The largest absolute Gasteiger partial charge is 0.486 e. The van der Waals surface area contributed by atoms with E-state index >= 15 is 0 Å². The number of halogens is 4. The summed E-state index contributed by atoms with van der Waals surface area (Å²) in [5.74, 6) is -2.29. The van der Waals surface area contributed by atoms with Crippen molar-refractivity contribution in [2.24, 2.45) is 0 Å². The number of alkyl halides is 2. The van der Waals surface area contributed by atoms with Gasteiger partial charge in [0.25, 0.3) is 0 Å². The summed E-state index contributed by atoms with van der Waals surface area (Å²) in [6.07, 6.45) is 0. The van der Waals surface area contributed by atoms with Crippen LogP contribution in [0.1, 0.15) is 5.56 Å². The zero-order valence-corrected chi connectivity index (χ0v) is 10.7. The minimum Gasteiger partial charge on any atom is -0.486 e. The van der Waals surface area contributed by atoms with Gasteiger partial charge in [-0.05, 0) is 6.07 Å². The summed E-state index contributed by atoms with van der Waals surface area (Å²) in [5.41, 5.74) is 5.66. The van der Waals surface area contributed by atoms with Crippen LogP contribution < -0.4 is 15.2 Å². The van der Waals surface area contributed by atoms with Gasteiger partial charge in [-0.15, -0.1) is 0 Å². The summed E-state index contributed by atoms with van der Waals surface area (Å²) in [6, 6.07) is 7.57. The number of ether oxygens (including phenoxy) is 2. The molecule has 0 aromatic heterocycles. The Balaban J connectivity index is 2.18. The monoisotopic (exact) mass is 301 g/mol. The highest BCUT2D eigenvalue weighted by Gasteiger charge is 2.14. The molecule has 7 heteroatoms. The van der Waals surface area contributed by atoms with E-state index in [-0.39, 0.29) is 23.6 Å². The predicted molar refractivity (Wildman–Crippen MR) is 68.2 cm³/mol. The number of rotatable bonds is 5. The molecule has 0 radical (unpaired) electrons. The average Bonchev–Trinajstić information content (AvgIpc) is 2.41. The Morgan fingerprint density at radius 1 is 1.00 bits per heavy atom. The molecular formula is C14H11F4NO2. The van der Waals surface area contributed by atoms with E-state index in [9.17, 15) is 17.6 Å². The van der Waals surface area contributed by atoms with Crippen molar-refractivity contribution in [2.45, 2.75) is 13.2 Å². The van der Waals surface area contributed by atoms with Gasteiger partial charge < -0.3 is 15.2 Å². The molecule has 0 spiro atoms. The van der Waals surface area contributed by atoms with E-state index < -0.39 is 24.0 Å². The van der Waals surface area contributed by atoms with E-state index in [2.05, 4.69) is 4.74 Å². The topological polar surface area (TPSA) is 44.5 Å². The lowest BCUT2D eigenvalue weighted by molar-refractivity contribution is -0.0522. The van der Waals surface area contributed by atoms with Crippen molar-refractivity contribution in [3.05, 3.63) is 53.6 Å². The van der Waals surface area contributed by atoms with Gasteiger partial charge in [0.15, 0.2) is 11.6 Å². The Bertz CT molecular complexity index is 634. The number of anilines is 1. The van der Waals surface area contributed by atoms with Crippen LogP contribution in [-0.2, 0) is 6.61 Å². The summed E-state index contributed by atoms with van der Waals surface area (Å²) in [5, 5.41) is 0. The van der Waals surface area contributed by atoms with E-state index in [1.54, 1.807) is 6.07 Å². The third kappa shape index (κ3) is 3.77. The van der Waals surface area contributed by atoms with Crippen LogP contribution in [0.4, 0.5) is 23.2 Å². The van der Waals surface area contributed by atoms with Gasteiger partial charge in [0.1, 0.15) is 18.2 Å². The maximum atomic E-state index is 13.4. The van der Waals surface area contributed by atoms with Gasteiger partial charge in [-0.1, -0.05) is 18.2 Å². The second-order valence-electron chi connectivity index (χ2n) is 4.08. The summed E-state index contributed by atoms with van der Waals surface area (Å²) in [4.78, 5) is 0. The van der Waals surface area contributed by atoms with Crippen LogP contribution >= 0.6 is 0 Å². The van der Waals surface area contributed by atoms with Crippen molar-refractivity contribution >= 4 is 5.69 Å². The molecule has 2 aromatic rings. The van der Waals surface area contributed by atoms with Gasteiger partial charge in [0.05, 0.1) is 5.69 Å². The van der Waals surface area contributed by atoms with Crippen molar-refractivity contribution in [1.82, 2.24) is 0 Å². The molecule has 0 bridgehead atoms. The third-order valence-electron chi connectivity index (χ3n) is 2.62. The normalized spacial score (nSPS) is 10.7. The maximum Gasteiger partial charge on any atom is 0.387 e. The van der Waals surface area contributed by atoms with Crippen molar-refractivity contribution in [2.75, 3.05) is 5.73 Å². The zero-order chi connectivity index (χ0) is 15.4. The first-order valence-corrected chi connectivity index (χ1v) is 5.87. The summed E-state index contributed by atoms with van der Waals surface area (Å²) >= 11 is 0. The Kier molecular flexibility index (Phi) is 4.52. The Labute approximate surface area is 117 Å².